The number of anilines is 1. The van der Waals surface area contributed by atoms with Gasteiger partial charge in [0.2, 0.25) is 5.91 Å². The maximum Gasteiger partial charge on any atom is 0.234 e. The van der Waals surface area contributed by atoms with Crippen molar-refractivity contribution in [2.75, 3.05) is 18.2 Å². The number of methoxy groups -OCH3 is 1. The Balaban J connectivity index is 1.44. The van der Waals surface area contributed by atoms with Gasteiger partial charge in [-0.1, -0.05) is 35.9 Å². The molecule has 1 aliphatic heterocycles. The summed E-state index contributed by atoms with van der Waals surface area (Å²) in [6.45, 7) is 0. The van der Waals surface area contributed by atoms with Crippen molar-refractivity contribution in [3.63, 3.8) is 0 Å². The third-order valence-electron chi connectivity index (χ3n) is 5.02. The van der Waals surface area contributed by atoms with Crippen LogP contribution in [0.25, 0.3) is 0 Å². The number of rotatable bonds is 5. The van der Waals surface area contributed by atoms with E-state index in [1.807, 2.05) is 11.4 Å². The summed E-state index contributed by atoms with van der Waals surface area (Å²) in [7, 11) is 1.56. The lowest BCUT2D eigenvalue weighted by molar-refractivity contribution is -0.113. The number of aliphatic imine (C=N–C) groups is 2. The van der Waals surface area contributed by atoms with E-state index in [1.54, 1.807) is 36.6 Å². The summed E-state index contributed by atoms with van der Waals surface area (Å²) in [5.41, 5.74) is 1.26. The molecular weight excluding hydrogens is 426 g/mol. The smallest absolute Gasteiger partial charge is 0.234 e. The minimum absolute atomic E-state index is 0.103. The summed E-state index contributed by atoms with van der Waals surface area (Å²) in [6.07, 6.45) is 5.53. The van der Waals surface area contributed by atoms with E-state index in [9.17, 15) is 4.79 Å². The van der Waals surface area contributed by atoms with Gasteiger partial charge in [-0.2, -0.15) is 0 Å². The van der Waals surface area contributed by atoms with E-state index in [-0.39, 0.29) is 17.3 Å². The number of carbonyl (C=O) groups excluding carboxylic acids is 1. The van der Waals surface area contributed by atoms with Gasteiger partial charge in [0, 0.05) is 5.69 Å². The van der Waals surface area contributed by atoms with Crippen LogP contribution in [0.4, 0.5) is 5.69 Å². The van der Waals surface area contributed by atoms with E-state index in [0.717, 1.165) is 41.3 Å². The lowest BCUT2D eigenvalue weighted by Crippen LogP contribution is -2.25. The Morgan fingerprint density at radius 2 is 2.10 bits per heavy atom. The second-order valence-electron chi connectivity index (χ2n) is 7.08. The van der Waals surface area contributed by atoms with E-state index in [2.05, 4.69) is 11.4 Å². The first kappa shape index (κ1) is 20.4. The Kier molecular flexibility index (Phi) is 6.27. The van der Waals surface area contributed by atoms with Gasteiger partial charge in [-0.25, -0.2) is 4.99 Å². The molecule has 0 radical (unpaired) electrons. The van der Waals surface area contributed by atoms with Crippen LogP contribution in [0.5, 0.6) is 5.75 Å². The largest absolute Gasteiger partial charge is 0.495 e. The van der Waals surface area contributed by atoms with E-state index in [4.69, 9.17) is 26.3 Å². The molecule has 0 atom stereocenters. The first-order valence-electron chi connectivity index (χ1n) is 9.59. The van der Waals surface area contributed by atoms with Crippen LogP contribution in [-0.2, 0) is 4.79 Å². The topological polar surface area (TPSA) is 63.0 Å². The Labute approximate surface area is 183 Å². The normalized spacial score (nSPS) is 17.7. The summed E-state index contributed by atoms with van der Waals surface area (Å²) >= 11 is 9.25. The third kappa shape index (κ3) is 4.68. The van der Waals surface area contributed by atoms with Crippen molar-refractivity contribution in [2.24, 2.45) is 9.98 Å². The van der Waals surface area contributed by atoms with Crippen LogP contribution in [0.1, 0.15) is 37.0 Å². The average Bonchev–Trinajstić information content (AvgIpc) is 3.36. The molecule has 1 fully saturated rings. The fourth-order valence-corrected chi connectivity index (χ4v) is 5.52. The fourth-order valence-electron chi connectivity index (χ4n) is 3.61. The minimum Gasteiger partial charge on any atom is -0.495 e. The molecule has 8 heteroatoms. The first-order valence-corrected chi connectivity index (χ1v) is 11.8. The van der Waals surface area contributed by atoms with Crippen LogP contribution < -0.4 is 10.1 Å². The van der Waals surface area contributed by atoms with Gasteiger partial charge in [0.15, 0.2) is 5.66 Å². The molecule has 29 heavy (non-hydrogen) atoms. The van der Waals surface area contributed by atoms with Crippen molar-refractivity contribution in [2.45, 2.75) is 37.8 Å². The van der Waals surface area contributed by atoms with Crippen LogP contribution in [-0.4, -0.2) is 35.2 Å². The highest BCUT2D eigenvalue weighted by Gasteiger charge is 2.38. The van der Waals surface area contributed by atoms with Crippen molar-refractivity contribution >= 4 is 57.0 Å². The van der Waals surface area contributed by atoms with Gasteiger partial charge >= 0.3 is 0 Å². The number of ether oxygens (including phenoxy) is 1. The number of carbonyl (C=O) groups is 1. The Hall–Kier alpha value is -1.83. The molecule has 1 spiro atoms. The summed E-state index contributed by atoms with van der Waals surface area (Å²) in [6, 6.07) is 9.29. The van der Waals surface area contributed by atoms with Crippen molar-refractivity contribution in [1.29, 1.82) is 0 Å². The number of benzene rings is 1. The van der Waals surface area contributed by atoms with E-state index >= 15 is 0 Å². The van der Waals surface area contributed by atoms with Crippen LogP contribution in [0.3, 0.4) is 0 Å². The zero-order valence-corrected chi connectivity index (χ0v) is 18.5. The highest BCUT2D eigenvalue weighted by molar-refractivity contribution is 8.16. The van der Waals surface area contributed by atoms with Gasteiger partial charge in [0.05, 0.1) is 22.8 Å². The van der Waals surface area contributed by atoms with Crippen molar-refractivity contribution in [1.82, 2.24) is 0 Å². The zero-order chi connectivity index (χ0) is 20.3. The van der Waals surface area contributed by atoms with Crippen molar-refractivity contribution in [3.8, 4) is 5.75 Å². The molecule has 4 rings (SSSR count). The van der Waals surface area contributed by atoms with Crippen molar-refractivity contribution < 1.29 is 9.53 Å². The molecule has 1 aromatic heterocycles. The summed E-state index contributed by atoms with van der Waals surface area (Å²) in [5.74, 6) is 0.742. The molecule has 0 bridgehead atoms. The van der Waals surface area contributed by atoms with E-state index in [0.29, 0.717) is 16.5 Å². The lowest BCUT2D eigenvalue weighted by Gasteiger charge is -2.27. The molecule has 0 saturated heterocycles. The van der Waals surface area contributed by atoms with Gasteiger partial charge < -0.3 is 10.1 Å². The lowest BCUT2D eigenvalue weighted by atomic mass is 9.90. The first-order chi connectivity index (χ1) is 14.1. The highest BCUT2D eigenvalue weighted by Crippen LogP contribution is 2.39. The second kappa shape index (κ2) is 8.90. The summed E-state index contributed by atoms with van der Waals surface area (Å²) in [4.78, 5) is 23.6. The van der Waals surface area contributed by atoms with Crippen LogP contribution in [0.15, 0.2) is 45.7 Å². The van der Waals surface area contributed by atoms with Gasteiger partial charge in [-0.05, 0) is 55.3 Å². The SMILES string of the molecule is COc1ccc(NC(=O)CSC2=NC3(CCCCC3)N=C2c2cccs2)cc1Cl. The number of nitrogens with zero attached hydrogens (tertiary/aromatic N) is 2. The number of hydrogen-bond donors (Lipinski definition) is 1. The maximum atomic E-state index is 12.5. The van der Waals surface area contributed by atoms with Crippen LogP contribution in [0, 0.1) is 0 Å². The molecular formula is C21H22ClN3O2S2. The van der Waals surface area contributed by atoms with Gasteiger partial charge in [0.25, 0.3) is 0 Å². The molecule has 2 aromatic rings. The molecule has 1 amide bonds. The zero-order valence-electron chi connectivity index (χ0n) is 16.1. The maximum absolute atomic E-state index is 12.5. The highest BCUT2D eigenvalue weighted by atomic mass is 35.5. The molecule has 1 N–H and O–H groups in total. The molecule has 1 aromatic carbocycles. The number of nitrogens with one attached hydrogen (secondary N) is 1. The number of halogens is 1. The number of thioether (sulfide) groups is 1. The monoisotopic (exact) mass is 447 g/mol. The predicted octanol–water partition coefficient (Wildman–Crippen LogP) is 5.64. The predicted molar refractivity (Wildman–Crippen MR) is 123 cm³/mol. The van der Waals surface area contributed by atoms with Gasteiger partial charge in [-0.15, -0.1) is 11.3 Å². The number of hydrogen-bond acceptors (Lipinski definition) is 6. The minimum atomic E-state index is -0.320. The van der Waals surface area contributed by atoms with E-state index in [1.165, 1.54) is 18.2 Å². The molecule has 1 aliphatic carbocycles. The quantitative estimate of drug-likeness (QED) is 0.644. The molecule has 1 saturated carbocycles. The summed E-state index contributed by atoms with van der Waals surface area (Å²) < 4.78 is 5.15. The van der Waals surface area contributed by atoms with Gasteiger partial charge in [-0.3, -0.25) is 9.79 Å². The molecule has 2 aliphatic rings. The van der Waals surface area contributed by atoms with Crippen LogP contribution in [0.2, 0.25) is 5.02 Å². The summed E-state index contributed by atoms with van der Waals surface area (Å²) in [5, 5.41) is 6.27. The Bertz CT molecular complexity index is 951. The van der Waals surface area contributed by atoms with E-state index < -0.39 is 0 Å². The molecule has 2 heterocycles. The molecule has 5 nitrogen and oxygen atoms in total. The van der Waals surface area contributed by atoms with Crippen molar-refractivity contribution in [3.05, 3.63) is 45.6 Å². The molecule has 152 valence electrons. The average molecular weight is 448 g/mol. The Morgan fingerprint density at radius 1 is 1.28 bits per heavy atom. The fraction of sp³-hybridized carbons (Fsp3) is 0.381. The van der Waals surface area contributed by atoms with Crippen LogP contribution >= 0.6 is 34.7 Å². The Morgan fingerprint density at radius 3 is 2.79 bits per heavy atom. The third-order valence-corrected chi connectivity index (χ3v) is 7.15. The molecule has 0 unspecified atom stereocenters. The van der Waals surface area contributed by atoms with Gasteiger partial charge in [0.1, 0.15) is 16.5 Å². The number of amides is 1. The second-order valence-corrected chi connectivity index (χ2v) is 9.40. The standard InChI is InChI=1S/C21H22ClN3O2S2/c1-27-16-8-7-14(12-15(16)22)23-18(26)13-29-20-19(17-6-5-11-28-17)24-21(25-20)9-3-2-4-10-21/h5-8,11-12H,2-4,9-10,13H2,1H3,(H,23,26). The number of thiophene rings is 1.